The molecule has 0 bridgehead atoms. The molecule has 0 saturated carbocycles. The maximum absolute atomic E-state index is 4.88. The Hall–Kier alpha value is -0.530. The third-order valence-corrected chi connectivity index (χ3v) is 1.24. The lowest BCUT2D eigenvalue weighted by molar-refractivity contribution is 0.158. The quantitative estimate of drug-likeness (QED) is 0.428. The van der Waals surface area contributed by atoms with Gasteiger partial charge in [-0.3, -0.25) is 0 Å². The molecular formula is C8H17NO. The second-order valence-corrected chi connectivity index (χ2v) is 2.35. The Morgan fingerprint density at radius 1 is 1.40 bits per heavy atom. The molecule has 0 N–H and O–H groups in total. The summed E-state index contributed by atoms with van der Waals surface area (Å²) in [7, 11) is 0. The summed E-state index contributed by atoms with van der Waals surface area (Å²) in [6.07, 6.45) is 3.50. The fraction of sp³-hybridized carbons (Fsp3) is 0.875. The molecule has 0 heterocycles. The van der Waals surface area contributed by atoms with Gasteiger partial charge >= 0.3 is 0 Å². The molecule has 60 valence electrons. The van der Waals surface area contributed by atoms with Crippen molar-refractivity contribution in [1.82, 2.24) is 0 Å². The average Bonchev–Trinajstić information content (AvgIpc) is 1.97. The van der Waals surface area contributed by atoms with Gasteiger partial charge in [0.1, 0.15) is 6.61 Å². The van der Waals surface area contributed by atoms with E-state index in [4.69, 9.17) is 4.84 Å². The molecule has 0 aromatic carbocycles. The minimum atomic E-state index is 0.670. The van der Waals surface area contributed by atoms with Crippen LogP contribution in [0.5, 0.6) is 0 Å². The molecule has 0 aliphatic carbocycles. The summed E-state index contributed by atoms with van der Waals surface area (Å²) < 4.78 is 0. The van der Waals surface area contributed by atoms with Crippen LogP contribution in [0, 0.1) is 0 Å². The second kappa shape index (κ2) is 6.59. The van der Waals surface area contributed by atoms with E-state index in [0.29, 0.717) is 6.61 Å². The molecule has 0 aliphatic rings. The van der Waals surface area contributed by atoms with Gasteiger partial charge in [0.05, 0.1) is 5.71 Å². The van der Waals surface area contributed by atoms with Gasteiger partial charge in [0.2, 0.25) is 0 Å². The van der Waals surface area contributed by atoms with Gasteiger partial charge in [-0.2, -0.15) is 0 Å². The molecule has 0 atom stereocenters. The first kappa shape index (κ1) is 9.47. The van der Waals surface area contributed by atoms with Crippen molar-refractivity contribution >= 4 is 5.71 Å². The van der Waals surface area contributed by atoms with Crippen LogP contribution in [-0.4, -0.2) is 12.3 Å². The topological polar surface area (TPSA) is 21.6 Å². The van der Waals surface area contributed by atoms with Gasteiger partial charge in [0.25, 0.3) is 0 Å². The number of oxime groups is 1. The molecule has 0 aromatic heterocycles. The fourth-order valence-electron chi connectivity index (χ4n) is 0.653. The third kappa shape index (κ3) is 5.60. The number of rotatable bonds is 5. The lowest BCUT2D eigenvalue weighted by Gasteiger charge is -1.97. The van der Waals surface area contributed by atoms with Crippen molar-refractivity contribution in [3.05, 3.63) is 0 Å². The van der Waals surface area contributed by atoms with Crippen molar-refractivity contribution in [3.63, 3.8) is 0 Å². The van der Waals surface area contributed by atoms with Crippen LogP contribution in [0.3, 0.4) is 0 Å². The van der Waals surface area contributed by atoms with Crippen LogP contribution in [0.15, 0.2) is 5.16 Å². The summed E-state index contributed by atoms with van der Waals surface area (Å²) >= 11 is 0. The summed E-state index contributed by atoms with van der Waals surface area (Å²) in [4.78, 5) is 4.88. The van der Waals surface area contributed by atoms with Crippen LogP contribution in [0.1, 0.15) is 40.0 Å². The van der Waals surface area contributed by atoms with E-state index in [1.165, 1.54) is 12.8 Å². The number of hydrogen-bond donors (Lipinski definition) is 0. The Bertz CT molecular complexity index is 99.4. The van der Waals surface area contributed by atoms with Crippen LogP contribution in [-0.2, 0) is 4.84 Å². The molecule has 2 nitrogen and oxygen atoms in total. The summed E-state index contributed by atoms with van der Waals surface area (Å²) in [5.74, 6) is 0. The second-order valence-electron chi connectivity index (χ2n) is 2.35. The SMILES string of the molecule is CCCC/C(C)=N/OCC. The highest BCUT2D eigenvalue weighted by Crippen LogP contribution is 1.96. The van der Waals surface area contributed by atoms with E-state index in [2.05, 4.69) is 12.1 Å². The fourth-order valence-corrected chi connectivity index (χ4v) is 0.653. The van der Waals surface area contributed by atoms with Crippen LogP contribution in [0.2, 0.25) is 0 Å². The molecule has 0 saturated heterocycles. The van der Waals surface area contributed by atoms with Gasteiger partial charge in [0, 0.05) is 0 Å². The molecule has 0 unspecified atom stereocenters. The molecule has 0 radical (unpaired) electrons. The third-order valence-electron chi connectivity index (χ3n) is 1.24. The lowest BCUT2D eigenvalue weighted by atomic mass is 10.2. The number of nitrogens with zero attached hydrogens (tertiary/aromatic N) is 1. The van der Waals surface area contributed by atoms with E-state index in [1.54, 1.807) is 0 Å². The summed E-state index contributed by atoms with van der Waals surface area (Å²) in [6, 6.07) is 0. The van der Waals surface area contributed by atoms with Gasteiger partial charge in [-0.1, -0.05) is 18.5 Å². The molecule has 0 fully saturated rings. The summed E-state index contributed by atoms with van der Waals surface area (Å²) in [5.41, 5.74) is 1.10. The first-order chi connectivity index (χ1) is 4.81. The Morgan fingerprint density at radius 3 is 2.60 bits per heavy atom. The predicted octanol–water partition coefficient (Wildman–Crippen LogP) is 2.59. The highest BCUT2D eigenvalue weighted by molar-refractivity contribution is 5.81. The van der Waals surface area contributed by atoms with Gasteiger partial charge in [-0.25, -0.2) is 0 Å². The average molecular weight is 143 g/mol. The first-order valence-electron chi connectivity index (χ1n) is 3.96. The van der Waals surface area contributed by atoms with Crippen molar-refractivity contribution < 1.29 is 4.84 Å². The van der Waals surface area contributed by atoms with Gasteiger partial charge in [0.15, 0.2) is 0 Å². The minimum Gasteiger partial charge on any atom is -0.396 e. The van der Waals surface area contributed by atoms with Crippen molar-refractivity contribution in [3.8, 4) is 0 Å². The lowest BCUT2D eigenvalue weighted by Crippen LogP contribution is -1.92. The van der Waals surface area contributed by atoms with E-state index >= 15 is 0 Å². The molecule has 0 amide bonds. The smallest absolute Gasteiger partial charge is 0.114 e. The van der Waals surface area contributed by atoms with Crippen molar-refractivity contribution in [2.24, 2.45) is 5.16 Å². The number of hydrogen-bond acceptors (Lipinski definition) is 2. The largest absolute Gasteiger partial charge is 0.396 e. The Labute approximate surface area is 63.3 Å². The van der Waals surface area contributed by atoms with E-state index in [1.807, 2.05) is 13.8 Å². The highest BCUT2D eigenvalue weighted by atomic mass is 16.6. The normalized spacial score (nSPS) is 11.7. The Kier molecular flexibility index (Phi) is 6.24. The highest BCUT2D eigenvalue weighted by Gasteiger charge is 1.89. The zero-order chi connectivity index (χ0) is 7.82. The molecule has 0 aliphatic heterocycles. The van der Waals surface area contributed by atoms with Crippen molar-refractivity contribution in [2.75, 3.05) is 6.61 Å². The molecule has 10 heavy (non-hydrogen) atoms. The van der Waals surface area contributed by atoms with Crippen molar-refractivity contribution in [1.29, 1.82) is 0 Å². The van der Waals surface area contributed by atoms with E-state index in [0.717, 1.165) is 12.1 Å². The predicted molar refractivity (Wildman–Crippen MR) is 44.3 cm³/mol. The maximum atomic E-state index is 4.88. The Balaban J connectivity index is 3.30. The molecule has 0 spiro atoms. The van der Waals surface area contributed by atoms with E-state index in [-0.39, 0.29) is 0 Å². The van der Waals surface area contributed by atoms with Gasteiger partial charge in [-0.05, 0) is 26.7 Å². The zero-order valence-electron chi connectivity index (χ0n) is 7.18. The molecular weight excluding hydrogens is 126 g/mol. The minimum absolute atomic E-state index is 0.670. The van der Waals surface area contributed by atoms with Crippen LogP contribution >= 0.6 is 0 Å². The van der Waals surface area contributed by atoms with Crippen LogP contribution in [0.4, 0.5) is 0 Å². The van der Waals surface area contributed by atoms with Crippen LogP contribution < -0.4 is 0 Å². The maximum Gasteiger partial charge on any atom is 0.114 e. The van der Waals surface area contributed by atoms with Crippen LogP contribution in [0.25, 0.3) is 0 Å². The monoisotopic (exact) mass is 143 g/mol. The Morgan fingerprint density at radius 2 is 2.10 bits per heavy atom. The molecule has 0 rings (SSSR count). The van der Waals surface area contributed by atoms with Gasteiger partial charge in [-0.15, -0.1) is 0 Å². The molecule has 2 heteroatoms. The first-order valence-corrected chi connectivity index (χ1v) is 3.96. The van der Waals surface area contributed by atoms with Crippen molar-refractivity contribution in [2.45, 2.75) is 40.0 Å². The van der Waals surface area contributed by atoms with Gasteiger partial charge < -0.3 is 4.84 Å². The zero-order valence-corrected chi connectivity index (χ0v) is 7.18. The summed E-state index contributed by atoms with van der Waals surface area (Å²) in [5, 5.41) is 3.90. The standard InChI is InChI=1S/C8H17NO/c1-4-6-7-8(3)9-10-5-2/h4-7H2,1-3H3/b9-8+. The molecule has 0 aromatic rings. The number of unbranched alkanes of at least 4 members (excludes halogenated alkanes) is 1. The van der Waals surface area contributed by atoms with E-state index < -0.39 is 0 Å². The summed E-state index contributed by atoms with van der Waals surface area (Å²) in [6.45, 7) is 6.79. The van der Waals surface area contributed by atoms with E-state index in [9.17, 15) is 0 Å².